The number of carbonyl (C=O) groups excluding carboxylic acids is 3. The first-order chi connectivity index (χ1) is 14.4. The van der Waals surface area contributed by atoms with Crippen LogP contribution in [0.1, 0.15) is 18.1 Å². The van der Waals surface area contributed by atoms with E-state index in [4.69, 9.17) is 15.2 Å². The van der Waals surface area contributed by atoms with E-state index in [9.17, 15) is 14.4 Å². The molecule has 3 amide bonds. The van der Waals surface area contributed by atoms with Gasteiger partial charge in [-0.25, -0.2) is 0 Å². The second-order valence-corrected chi connectivity index (χ2v) is 8.20. The summed E-state index contributed by atoms with van der Waals surface area (Å²) in [6.07, 6.45) is 1.58. The topological polar surface area (TPSA) is 98.9 Å². The summed E-state index contributed by atoms with van der Waals surface area (Å²) < 4.78 is 12.6. The van der Waals surface area contributed by atoms with Gasteiger partial charge in [0.25, 0.3) is 11.1 Å². The summed E-state index contributed by atoms with van der Waals surface area (Å²) in [4.78, 5) is 36.4. The first kappa shape index (κ1) is 21.9. The van der Waals surface area contributed by atoms with Gasteiger partial charge in [-0.15, -0.1) is 0 Å². The molecule has 3 rings (SSSR count). The van der Waals surface area contributed by atoms with Crippen molar-refractivity contribution in [3.05, 3.63) is 63.0 Å². The third-order valence-corrected chi connectivity index (χ3v) is 5.50. The number of nitrogens with two attached hydrogens (primary N) is 1. The van der Waals surface area contributed by atoms with Crippen LogP contribution in [0.3, 0.4) is 0 Å². The molecule has 30 heavy (non-hydrogen) atoms. The Kier molecular flexibility index (Phi) is 7.17. The Labute approximate surface area is 186 Å². The van der Waals surface area contributed by atoms with E-state index >= 15 is 0 Å². The Morgan fingerprint density at radius 3 is 2.53 bits per heavy atom. The number of carbonyl (C=O) groups is 3. The zero-order chi connectivity index (χ0) is 21.7. The van der Waals surface area contributed by atoms with Gasteiger partial charge in [0.05, 0.1) is 11.5 Å². The van der Waals surface area contributed by atoms with E-state index in [1.165, 1.54) is 0 Å². The Morgan fingerprint density at radius 2 is 1.87 bits per heavy atom. The molecule has 7 nitrogen and oxygen atoms in total. The van der Waals surface area contributed by atoms with E-state index in [1.54, 1.807) is 24.3 Å². The van der Waals surface area contributed by atoms with Crippen LogP contribution in [0.5, 0.6) is 11.5 Å². The standard InChI is InChI=1S/C21H19BrN2O5S/c1-2-28-17-9-14(10-18-20(26)24(11-19(23)25)21(27)30-18)5-8-16(17)29-12-13-3-6-15(22)7-4-13/h3-10H,2,11-12H2,1H3,(H2,23,25)/b18-10-. The van der Waals surface area contributed by atoms with Gasteiger partial charge in [-0.3, -0.25) is 19.3 Å². The number of ether oxygens (including phenoxy) is 2. The van der Waals surface area contributed by atoms with E-state index < -0.39 is 23.6 Å². The van der Waals surface area contributed by atoms with Crippen LogP contribution < -0.4 is 15.2 Å². The Bertz CT molecular complexity index is 1010. The molecule has 1 heterocycles. The van der Waals surface area contributed by atoms with Crippen LogP contribution in [0.15, 0.2) is 51.8 Å². The Balaban J connectivity index is 1.78. The normalized spacial score (nSPS) is 15.0. The predicted molar refractivity (Wildman–Crippen MR) is 118 cm³/mol. The van der Waals surface area contributed by atoms with Crippen molar-refractivity contribution >= 4 is 50.8 Å². The molecular formula is C21H19BrN2O5S. The molecule has 0 aliphatic carbocycles. The molecule has 1 aliphatic rings. The number of halogens is 1. The van der Waals surface area contributed by atoms with Crippen LogP contribution in [0.25, 0.3) is 6.08 Å². The maximum Gasteiger partial charge on any atom is 0.294 e. The molecule has 0 atom stereocenters. The van der Waals surface area contributed by atoms with Crippen molar-refractivity contribution in [2.45, 2.75) is 13.5 Å². The quantitative estimate of drug-likeness (QED) is 0.562. The van der Waals surface area contributed by atoms with Crippen molar-refractivity contribution in [1.82, 2.24) is 4.90 Å². The average Bonchev–Trinajstić information content (AvgIpc) is 2.96. The van der Waals surface area contributed by atoms with Crippen LogP contribution >= 0.6 is 27.7 Å². The minimum atomic E-state index is -0.746. The molecule has 0 spiro atoms. The molecule has 2 aromatic carbocycles. The van der Waals surface area contributed by atoms with Crippen molar-refractivity contribution in [3.63, 3.8) is 0 Å². The van der Waals surface area contributed by atoms with E-state index in [0.29, 0.717) is 30.3 Å². The maximum atomic E-state index is 12.4. The van der Waals surface area contributed by atoms with Crippen molar-refractivity contribution in [3.8, 4) is 11.5 Å². The van der Waals surface area contributed by atoms with E-state index in [0.717, 1.165) is 26.7 Å². The Morgan fingerprint density at radius 1 is 1.13 bits per heavy atom. The highest BCUT2D eigenvalue weighted by Gasteiger charge is 2.35. The van der Waals surface area contributed by atoms with E-state index in [-0.39, 0.29) is 4.91 Å². The van der Waals surface area contributed by atoms with Crippen molar-refractivity contribution < 1.29 is 23.9 Å². The fourth-order valence-corrected chi connectivity index (χ4v) is 3.79. The molecule has 0 saturated carbocycles. The van der Waals surface area contributed by atoms with Gasteiger partial charge in [-0.05, 0) is 60.2 Å². The zero-order valence-corrected chi connectivity index (χ0v) is 18.5. The molecule has 0 bridgehead atoms. The fraction of sp³-hybridized carbons (Fsp3) is 0.190. The molecule has 1 aliphatic heterocycles. The van der Waals surface area contributed by atoms with Gasteiger partial charge in [0.1, 0.15) is 13.2 Å². The summed E-state index contributed by atoms with van der Waals surface area (Å²) in [7, 11) is 0. The molecule has 1 fully saturated rings. The highest BCUT2D eigenvalue weighted by Crippen LogP contribution is 2.34. The van der Waals surface area contributed by atoms with Crippen LogP contribution in [0, 0.1) is 0 Å². The third-order valence-electron chi connectivity index (χ3n) is 4.06. The summed E-state index contributed by atoms with van der Waals surface area (Å²) >= 11 is 4.17. The summed E-state index contributed by atoms with van der Waals surface area (Å²) in [5.74, 6) is -0.194. The number of imide groups is 1. The first-order valence-corrected chi connectivity index (χ1v) is 10.7. The lowest BCUT2D eigenvalue weighted by Gasteiger charge is -2.13. The molecule has 2 aromatic rings. The summed E-state index contributed by atoms with van der Waals surface area (Å²) in [5, 5.41) is -0.524. The van der Waals surface area contributed by atoms with Gasteiger partial charge < -0.3 is 15.2 Å². The highest BCUT2D eigenvalue weighted by molar-refractivity contribution is 9.10. The van der Waals surface area contributed by atoms with Crippen molar-refractivity contribution in [2.24, 2.45) is 5.73 Å². The van der Waals surface area contributed by atoms with Gasteiger partial charge in [-0.2, -0.15) is 0 Å². The minimum Gasteiger partial charge on any atom is -0.490 e. The monoisotopic (exact) mass is 490 g/mol. The molecule has 9 heteroatoms. The zero-order valence-electron chi connectivity index (χ0n) is 16.1. The lowest BCUT2D eigenvalue weighted by molar-refractivity contribution is -0.127. The molecule has 0 unspecified atom stereocenters. The van der Waals surface area contributed by atoms with Gasteiger partial charge in [0, 0.05) is 4.47 Å². The first-order valence-electron chi connectivity index (χ1n) is 9.05. The number of amides is 3. The van der Waals surface area contributed by atoms with Crippen LogP contribution in [0.2, 0.25) is 0 Å². The summed E-state index contributed by atoms with van der Waals surface area (Å²) in [6, 6.07) is 13.1. The molecule has 156 valence electrons. The minimum absolute atomic E-state index is 0.215. The number of hydrogen-bond donors (Lipinski definition) is 1. The number of hydrogen-bond acceptors (Lipinski definition) is 6. The summed E-state index contributed by atoms with van der Waals surface area (Å²) in [5.41, 5.74) is 6.77. The highest BCUT2D eigenvalue weighted by atomic mass is 79.9. The van der Waals surface area contributed by atoms with E-state index in [2.05, 4.69) is 15.9 Å². The van der Waals surface area contributed by atoms with Crippen molar-refractivity contribution in [2.75, 3.05) is 13.2 Å². The lowest BCUT2D eigenvalue weighted by Crippen LogP contribution is -2.36. The van der Waals surface area contributed by atoms with Gasteiger partial charge in [0.15, 0.2) is 11.5 Å². The number of benzene rings is 2. The lowest BCUT2D eigenvalue weighted by atomic mass is 10.1. The SMILES string of the molecule is CCOc1cc(/C=C2\SC(=O)N(CC(N)=O)C2=O)ccc1OCc1ccc(Br)cc1. The molecule has 2 N–H and O–H groups in total. The number of thioether (sulfide) groups is 1. The largest absolute Gasteiger partial charge is 0.490 e. The molecular weight excluding hydrogens is 472 g/mol. The summed E-state index contributed by atoms with van der Waals surface area (Å²) in [6.45, 7) is 2.24. The average molecular weight is 491 g/mol. The van der Waals surface area contributed by atoms with Gasteiger partial charge >= 0.3 is 0 Å². The fourth-order valence-electron chi connectivity index (χ4n) is 2.69. The van der Waals surface area contributed by atoms with Crippen LogP contribution in [0.4, 0.5) is 4.79 Å². The van der Waals surface area contributed by atoms with E-state index in [1.807, 2.05) is 31.2 Å². The van der Waals surface area contributed by atoms with Gasteiger partial charge in [-0.1, -0.05) is 34.1 Å². The van der Waals surface area contributed by atoms with Crippen LogP contribution in [-0.2, 0) is 16.2 Å². The van der Waals surface area contributed by atoms with Crippen LogP contribution in [-0.4, -0.2) is 35.1 Å². The smallest absolute Gasteiger partial charge is 0.294 e. The second kappa shape index (κ2) is 9.82. The molecule has 0 aromatic heterocycles. The van der Waals surface area contributed by atoms with Gasteiger partial charge in [0.2, 0.25) is 5.91 Å². The second-order valence-electron chi connectivity index (χ2n) is 6.29. The van der Waals surface area contributed by atoms with Crippen molar-refractivity contribution in [1.29, 1.82) is 0 Å². The molecule has 0 radical (unpaired) electrons. The maximum absolute atomic E-state index is 12.4. The predicted octanol–water partition coefficient (Wildman–Crippen LogP) is 3.95. The Hall–Kier alpha value is -2.78. The number of primary amides is 1. The number of nitrogens with zero attached hydrogens (tertiary/aromatic N) is 1. The third kappa shape index (κ3) is 5.43. The number of rotatable bonds is 8. The molecule has 1 saturated heterocycles.